The molecule has 0 N–H and O–H groups in total. The van der Waals surface area contributed by atoms with E-state index in [-0.39, 0.29) is 5.56 Å². The number of hydrogen-bond acceptors (Lipinski definition) is 2. The van der Waals surface area contributed by atoms with Gasteiger partial charge in [0.05, 0.1) is 0 Å². The standard InChI is InChI=1S/C21H15NOS/c1-3-22-12(2)13-8-9-15-14-6-4-5-7-17(14)24-18-11-10-16(21(22)23)19(13)20(15)18/h4-11H,2-3H2,1H3. The van der Waals surface area contributed by atoms with Crippen molar-refractivity contribution in [2.24, 2.45) is 0 Å². The van der Waals surface area contributed by atoms with Gasteiger partial charge in [-0.05, 0) is 36.2 Å². The Kier molecular flexibility index (Phi) is 2.74. The summed E-state index contributed by atoms with van der Waals surface area (Å²) >= 11 is 1.78. The van der Waals surface area contributed by atoms with E-state index in [0.717, 1.165) is 21.5 Å². The maximum atomic E-state index is 12.9. The van der Waals surface area contributed by atoms with Gasteiger partial charge in [0, 0.05) is 43.2 Å². The van der Waals surface area contributed by atoms with Gasteiger partial charge >= 0.3 is 0 Å². The largest absolute Gasteiger partial charge is 0.309 e. The minimum atomic E-state index is 0.0579. The minimum absolute atomic E-state index is 0.0579. The van der Waals surface area contributed by atoms with Gasteiger partial charge in [0.15, 0.2) is 0 Å². The van der Waals surface area contributed by atoms with Gasteiger partial charge in [-0.2, -0.15) is 0 Å². The number of hydrogen-bond donors (Lipinski definition) is 0. The van der Waals surface area contributed by atoms with Crippen LogP contribution < -0.4 is 10.9 Å². The average molecular weight is 329 g/mol. The second kappa shape index (κ2) is 4.74. The van der Waals surface area contributed by atoms with Crippen LogP contribution in [0.4, 0.5) is 0 Å². The molecule has 2 nitrogen and oxygen atoms in total. The van der Waals surface area contributed by atoms with E-state index in [9.17, 15) is 4.79 Å². The highest BCUT2D eigenvalue weighted by atomic mass is 32.2. The highest BCUT2D eigenvalue weighted by Crippen LogP contribution is 2.48. The maximum absolute atomic E-state index is 12.9. The lowest BCUT2D eigenvalue weighted by molar-refractivity contribution is 0.717. The number of aromatic nitrogens is 1. The fourth-order valence-corrected chi connectivity index (χ4v) is 4.96. The van der Waals surface area contributed by atoms with Gasteiger partial charge in [-0.25, -0.2) is 0 Å². The molecule has 0 aliphatic carbocycles. The molecule has 0 spiro atoms. The van der Waals surface area contributed by atoms with Gasteiger partial charge in [-0.3, -0.25) is 4.79 Å². The van der Waals surface area contributed by atoms with Crippen LogP contribution in [0.25, 0.3) is 39.3 Å². The molecular weight excluding hydrogens is 314 g/mol. The molecule has 0 atom stereocenters. The van der Waals surface area contributed by atoms with E-state index in [0.29, 0.717) is 6.54 Å². The van der Waals surface area contributed by atoms with Crippen molar-refractivity contribution in [1.82, 2.24) is 4.57 Å². The van der Waals surface area contributed by atoms with Gasteiger partial charge in [-0.1, -0.05) is 48.7 Å². The van der Waals surface area contributed by atoms with Crippen LogP contribution in [0, 0.1) is 0 Å². The maximum Gasteiger partial charge on any atom is 0.258 e. The molecule has 3 heteroatoms. The Balaban J connectivity index is 2.08. The van der Waals surface area contributed by atoms with E-state index < -0.39 is 0 Å². The number of pyridine rings is 1. The van der Waals surface area contributed by atoms with E-state index in [4.69, 9.17) is 0 Å². The van der Waals surface area contributed by atoms with Gasteiger partial charge < -0.3 is 4.57 Å². The third-order valence-electron chi connectivity index (χ3n) is 4.95. The molecule has 24 heavy (non-hydrogen) atoms. The van der Waals surface area contributed by atoms with Crippen LogP contribution in [0.15, 0.2) is 63.1 Å². The summed E-state index contributed by atoms with van der Waals surface area (Å²) < 4.78 is 1.77. The first kappa shape index (κ1) is 13.9. The summed E-state index contributed by atoms with van der Waals surface area (Å²) in [6.45, 7) is 6.81. The highest BCUT2D eigenvalue weighted by molar-refractivity contribution is 7.99. The highest BCUT2D eigenvalue weighted by Gasteiger charge is 2.22. The average Bonchev–Trinajstić information content (AvgIpc) is 2.61. The summed E-state index contributed by atoms with van der Waals surface area (Å²) in [4.78, 5) is 15.4. The predicted octanol–water partition coefficient (Wildman–Crippen LogP) is 4.44. The third kappa shape index (κ3) is 1.60. The molecule has 0 radical (unpaired) electrons. The molecule has 116 valence electrons. The first-order valence-electron chi connectivity index (χ1n) is 8.09. The summed E-state index contributed by atoms with van der Waals surface area (Å²) in [6.07, 6.45) is 0. The van der Waals surface area contributed by atoms with E-state index in [1.54, 1.807) is 16.3 Å². The van der Waals surface area contributed by atoms with Crippen molar-refractivity contribution in [1.29, 1.82) is 0 Å². The molecule has 5 rings (SSSR count). The molecule has 2 heterocycles. The lowest BCUT2D eigenvalue weighted by atomic mass is 9.93. The quantitative estimate of drug-likeness (QED) is 0.454. The molecule has 0 fully saturated rings. The predicted molar refractivity (Wildman–Crippen MR) is 102 cm³/mol. The third-order valence-corrected chi connectivity index (χ3v) is 6.08. The zero-order valence-electron chi connectivity index (χ0n) is 13.3. The fraction of sp³-hybridized carbons (Fsp3) is 0.0952. The fourth-order valence-electron chi connectivity index (χ4n) is 3.84. The summed E-state index contributed by atoms with van der Waals surface area (Å²) in [5.41, 5.74) is 2.52. The summed E-state index contributed by atoms with van der Waals surface area (Å²) in [7, 11) is 0. The van der Waals surface area contributed by atoms with Crippen LogP contribution in [0.1, 0.15) is 6.92 Å². The Morgan fingerprint density at radius 3 is 2.54 bits per heavy atom. The van der Waals surface area contributed by atoms with Crippen LogP contribution in [0.3, 0.4) is 0 Å². The Morgan fingerprint density at radius 2 is 1.71 bits per heavy atom. The molecule has 0 saturated heterocycles. The van der Waals surface area contributed by atoms with E-state index >= 15 is 0 Å². The van der Waals surface area contributed by atoms with Gasteiger partial charge in [0.25, 0.3) is 5.56 Å². The molecule has 1 aliphatic rings. The smallest absolute Gasteiger partial charge is 0.258 e. The van der Waals surface area contributed by atoms with E-state index in [1.807, 2.05) is 13.0 Å². The van der Waals surface area contributed by atoms with Crippen LogP contribution >= 0.6 is 11.8 Å². The van der Waals surface area contributed by atoms with Crippen LogP contribution in [0.5, 0.6) is 0 Å². The molecule has 0 bridgehead atoms. The normalized spacial score (nSPS) is 12.7. The second-order valence-corrected chi connectivity index (χ2v) is 7.20. The van der Waals surface area contributed by atoms with Crippen LogP contribution in [0.2, 0.25) is 0 Å². The van der Waals surface area contributed by atoms with Crippen molar-refractivity contribution in [3.05, 3.63) is 64.2 Å². The Hall–Kier alpha value is -2.52. The van der Waals surface area contributed by atoms with Crippen molar-refractivity contribution in [3.63, 3.8) is 0 Å². The summed E-state index contributed by atoms with van der Waals surface area (Å²) in [5, 5.41) is 4.93. The molecule has 1 aromatic heterocycles. The zero-order valence-corrected chi connectivity index (χ0v) is 14.1. The first-order valence-corrected chi connectivity index (χ1v) is 8.90. The molecule has 1 aliphatic heterocycles. The number of benzene rings is 3. The molecule has 0 saturated carbocycles. The second-order valence-electron chi connectivity index (χ2n) is 6.12. The van der Waals surface area contributed by atoms with E-state index in [2.05, 4.69) is 49.0 Å². The molecule has 3 aromatic carbocycles. The minimum Gasteiger partial charge on any atom is -0.309 e. The van der Waals surface area contributed by atoms with Gasteiger partial charge in [-0.15, -0.1) is 0 Å². The monoisotopic (exact) mass is 329 g/mol. The summed E-state index contributed by atoms with van der Waals surface area (Å²) in [6, 6.07) is 16.8. The van der Waals surface area contributed by atoms with Gasteiger partial charge in [0.1, 0.15) is 0 Å². The number of fused-ring (bicyclic) bond motifs is 2. The first-order chi connectivity index (χ1) is 11.7. The molecule has 4 aromatic rings. The van der Waals surface area contributed by atoms with Crippen LogP contribution in [-0.4, -0.2) is 4.57 Å². The number of nitrogens with zero attached hydrogens (tertiary/aromatic N) is 1. The van der Waals surface area contributed by atoms with E-state index in [1.165, 1.54) is 26.3 Å². The lowest BCUT2D eigenvalue weighted by Gasteiger charge is -2.22. The van der Waals surface area contributed by atoms with Crippen molar-refractivity contribution >= 4 is 39.9 Å². The molecular formula is C21H15NOS. The zero-order chi connectivity index (χ0) is 16.4. The Morgan fingerprint density at radius 1 is 0.917 bits per heavy atom. The van der Waals surface area contributed by atoms with Crippen molar-refractivity contribution in [2.45, 2.75) is 23.3 Å². The Labute approximate surface area is 143 Å². The van der Waals surface area contributed by atoms with Crippen molar-refractivity contribution in [2.75, 3.05) is 0 Å². The van der Waals surface area contributed by atoms with Gasteiger partial charge in [0.2, 0.25) is 0 Å². The van der Waals surface area contributed by atoms with Crippen molar-refractivity contribution < 1.29 is 0 Å². The number of rotatable bonds is 1. The SMILES string of the molecule is C=c1c2ccc3c4c(ccc(c(=O)n1CC)c42)Sc1ccccc1-3. The van der Waals surface area contributed by atoms with Crippen molar-refractivity contribution in [3.8, 4) is 11.1 Å². The topological polar surface area (TPSA) is 22.0 Å². The lowest BCUT2D eigenvalue weighted by Crippen LogP contribution is -2.32. The molecule has 0 amide bonds. The van der Waals surface area contributed by atoms with Crippen LogP contribution in [-0.2, 0) is 6.54 Å². The Bertz CT molecular complexity index is 1220. The molecule has 0 unspecified atom stereocenters. The summed E-state index contributed by atoms with van der Waals surface area (Å²) in [5.74, 6) is 0.